The fourth-order valence-electron chi connectivity index (χ4n) is 1.86. The van der Waals surface area contributed by atoms with Crippen molar-refractivity contribution in [3.63, 3.8) is 0 Å². The number of nitrogens with one attached hydrogen (secondary N) is 1. The van der Waals surface area contributed by atoms with Gasteiger partial charge in [-0.25, -0.2) is 4.98 Å². The van der Waals surface area contributed by atoms with Gasteiger partial charge in [-0.2, -0.15) is 0 Å². The van der Waals surface area contributed by atoms with E-state index in [4.69, 9.17) is 22.7 Å². The third-order valence-electron chi connectivity index (χ3n) is 3.01. The van der Waals surface area contributed by atoms with Gasteiger partial charge in [0, 0.05) is 37.7 Å². The minimum Gasteiger partial charge on any atom is -0.384 e. The van der Waals surface area contributed by atoms with E-state index in [0.717, 1.165) is 13.0 Å². The summed E-state index contributed by atoms with van der Waals surface area (Å²) in [6.45, 7) is 0.762. The molecule has 6 heteroatoms. The molecule has 0 aliphatic rings. The van der Waals surface area contributed by atoms with Crippen LogP contribution in [0.25, 0.3) is 0 Å². The van der Waals surface area contributed by atoms with Gasteiger partial charge in [0.2, 0.25) is 0 Å². The minimum absolute atomic E-state index is 0.0545. The minimum atomic E-state index is -0.0545. The fraction of sp³-hybridized carbons (Fsp3) is 0.214. The predicted octanol–water partition coefficient (Wildman–Crippen LogP) is 2.09. The van der Waals surface area contributed by atoms with Crippen LogP contribution in [-0.4, -0.2) is 29.4 Å². The molecule has 0 bridgehead atoms. The summed E-state index contributed by atoms with van der Waals surface area (Å²) in [7, 11) is 1.92. The molecule has 0 unspecified atom stereocenters. The van der Waals surface area contributed by atoms with E-state index in [1.54, 1.807) is 24.7 Å². The molecule has 0 radical (unpaired) electrons. The van der Waals surface area contributed by atoms with Crippen LogP contribution in [0, 0.1) is 5.41 Å². The molecule has 0 spiro atoms. The second-order valence-electron chi connectivity index (χ2n) is 4.44. The normalized spacial score (nSPS) is 10.3. The van der Waals surface area contributed by atoms with E-state index in [-0.39, 0.29) is 5.84 Å². The van der Waals surface area contributed by atoms with Crippen molar-refractivity contribution in [2.24, 2.45) is 5.73 Å². The van der Waals surface area contributed by atoms with Gasteiger partial charge in [0.15, 0.2) is 0 Å². The molecule has 0 saturated heterocycles. The van der Waals surface area contributed by atoms with Gasteiger partial charge >= 0.3 is 0 Å². The SMILES string of the molecule is CN(CCc1ccncc1)c1nccc(C(=N)N)c1Cl. The van der Waals surface area contributed by atoms with E-state index in [0.29, 0.717) is 16.4 Å². The number of amidine groups is 1. The Morgan fingerprint density at radius 3 is 2.65 bits per heavy atom. The molecule has 0 fully saturated rings. The molecular formula is C14H16ClN5. The lowest BCUT2D eigenvalue weighted by molar-refractivity contribution is 0.858. The number of pyridine rings is 2. The molecule has 2 aromatic rings. The van der Waals surface area contributed by atoms with Crippen LogP contribution in [0.5, 0.6) is 0 Å². The zero-order valence-corrected chi connectivity index (χ0v) is 11.9. The van der Waals surface area contributed by atoms with Crippen LogP contribution in [0.15, 0.2) is 36.8 Å². The van der Waals surface area contributed by atoms with Crippen LogP contribution in [0.1, 0.15) is 11.1 Å². The number of anilines is 1. The highest BCUT2D eigenvalue weighted by atomic mass is 35.5. The first kappa shape index (κ1) is 14.3. The van der Waals surface area contributed by atoms with E-state index in [2.05, 4.69) is 9.97 Å². The Bertz CT molecular complexity index is 600. The standard InChI is InChI=1S/C14H16ClN5/c1-20(9-5-10-2-6-18-7-3-10)14-12(15)11(13(16)17)4-8-19-14/h2-4,6-8H,5,9H2,1H3,(H3,16,17). The molecular weight excluding hydrogens is 274 g/mol. The third kappa shape index (κ3) is 3.24. The molecule has 2 heterocycles. The molecule has 0 saturated carbocycles. The van der Waals surface area contributed by atoms with Gasteiger partial charge in [-0.1, -0.05) is 11.6 Å². The highest BCUT2D eigenvalue weighted by Crippen LogP contribution is 2.25. The van der Waals surface area contributed by atoms with Crippen molar-refractivity contribution in [3.8, 4) is 0 Å². The molecule has 104 valence electrons. The molecule has 0 aliphatic carbocycles. The summed E-state index contributed by atoms with van der Waals surface area (Å²) in [4.78, 5) is 10.2. The summed E-state index contributed by atoms with van der Waals surface area (Å²) in [5.41, 5.74) is 7.20. The van der Waals surface area contributed by atoms with Crippen LogP contribution in [0.2, 0.25) is 5.02 Å². The van der Waals surface area contributed by atoms with Crippen molar-refractivity contribution in [2.45, 2.75) is 6.42 Å². The van der Waals surface area contributed by atoms with Crippen LogP contribution < -0.4 is 10.6 Å². The molecule has 0 aliphatic heterocycles. The summed E-state index contributed by atoms with van der Waals surface area (Å²) in [6, 6.07) is 5.61. The fourth-order valence-corrected chi connectivity index (χ4v) is 2.22. The van der Waals surface area contributed by atoms with Gasteiger partial charge in [-0.3, -0.25) is 10.4 Å². The smallest absolute Gasteiger partial charge is 0.147 e. The summed E-state index contributed by atoms with van der Waals surface area (Å²) < 4.78 is 0. The molecule has 20 heavy (non-hydrogen) atoms. The molecule has 3 N–H and O–H groups in total. The van der Waals surface area contributed by atoms with Gasteiger partial charge in [0.05, 0.1) is 5.02 Å². The lowest BCUT2D eigenvalue weighted by Gasteiger charge is -2.20. The Balaban J connectivity index is 2.11. The van der Waals surface area contributed by atoms with Crippen molar-refractivity contribution >= 4 is 23.3 Å². The first-order valence-electron chi connectivity index (χ1n) is 6.18. The Morgan fingerprint density at radius 1 is 1.30 bits per heavy atom. The monoisotopic (exact) mass is 289 g/mol. The van der Waals surface area contributed by atoms with E-state index in [9.17, 15) is 0 Å². The maximum absolute atomic E-state index is 7.49. The Labute approximate surface area is 122 Å². The molecule has 2 aromatic heterocycles. The highest BCUT2D eigenvalue weighted by molar-refractivity contribution is 6.36. The number of aromatic nitrogens is 2. The number of hydrogen-bond donors (Lipinski definition) is 2. The van der Waals surface area contributed by atoms with Gasteiger partial charge in [-0.05, 0) is 30.2 Å². The Kier molecular flexibility index (Phi) is 4.53. The summed E-state index contributed by atoms with van der Waals surface area (Å²) in [5, 5.41) is 7.90. The van der Waals surface area contributed by atoms with Crippen molar-refractivity contribution in [1.82, 2.24) is 9.97 Å². The number of nitrogen functional groups attached to an aromatic ring is 1. The van der Waals surface area contributed by atoms with Crippen LogP contribution in [-0.2, 0) is 6.42 Å². The summed E-state index contributed by atoms with van der Waals surface area (Å²) in [5.74, 6) is 0.578. The van der Waals surface area contributed by atoms with E-state index >= 15 is 0 Å². The van der Waals surface area contributed by atoms with Crippen molar-refractivity contribution in [3.05, 3.63) is 52.9 Å². The van der Waals surface area contributed by atoms with Crippen LogP contribution in [0.4, 0.5) is 5.82 Å². The van der Waals surface area contributed by atoms with E-state index < -0.39 is 0 Å². The van der Waals surface area contributed by atoms with Crippen molar-refractivity contribution < 1.29 is 0 Å². The summed E-state index contributed by atoms with van der Waals surface area (Å²) in [6.07, 6.45) is 6.02. The third-order valence-corrected chi connectivity index (χ3v) is 3.38. The van der Waals surface area contributed by atoms with Gasteiger partial charge < -0.3 is 10.6 Å². The average Bonchev–Trinajstić information content (AvgIpc) is 2.46. The number of nitrogens with zero attached hydrogens (tertiary/aromatic N) is 3. The maximum atomic E-state index is 7.49. The lowest BCUT2D eigenvalue weighted by Crippen LogP contribution is -2.23. The second kappa shape index (κ2) is 6.34. The van der Waals surface area contributed by atoms with Gasteiger partial charge in [-0.15, -0.1) is 0 Å². The molecule has 2 rings (SSSR count). The molecule has 0 amide bonds. The van der Waals surface area contributed by atoms with Gasteiger partial charge in [0.25, 0.3) is 0 Å². The van der Waals surface area contributed by atoms with E-state index in [1.807, 2.05) is 24.1 Å². The number of rotatable bonds is 5. The quantitative estimate of drug-likeness (QED) is 0.652. The first-order chi connectivity index (χ1) is 9.59. The lowest BCUT2D eigenvalue weighted by atomic mass is 10.2. The molecule has 0 atom stereocenters. The zero-order valence-electron chi connectivity index (χ0n) is 11.2. The molecule has 5 nitrogen and oxygen atoms in total. The van der Waals surface area contributed by atoms with Crippen molar-refractivity contribution in [1.29, 1.82) is 5.41 Å². The number of nitrogens with two attached hydrogens (primary N) is 1. The maximum Gasteiger partial charge on any atom is 0.147 e. The second-order valence-corrected chi connectivity index (χ2v) is 4.81. The number of hydrogen-bond acceptors (Lipinski definition) is 4. The van der Waals surface area contributed by atoms with Crippen molar-refractivity contribution in [2.75, 3.05) is 18.5 Å². The summed E-state index contributed by atoms with van der Waals surface area (Å²) >= 11 is 6.25. The largest absolute Gasteiger partial charge is 0.384 e. The van der Waals surface area contributed by atoms with Crippen LogP contribution >= 0.6 is 11.6 Å². The molecule has 0 aromatic carbocycles. The van der Waals surface area contributed by atoms with Crippen LogP contribution in [0.3, 0.4) is 0 Å². The Hall–Kier alpha value is -2.14. The van der Waals surface area contributed by atoms with Gasteiger partial charge in [0.1, 0.15) is 11.7 Å². The zero-order chi connectivity index (χ0) is 14.5. The number of halogens is 1. The first-order valence-corrected chi connectivity index (χ1v) is 6.56. The topological polar surface area (TPSA) is 78.9 Å². The Morgan fingerprint density at radius 2 is 2.00 bits per heavy atom. The predicted molar refractivity (Wildman–Crippen MR) is 81.5 cm³/mol. The average molecular weight is 290 g/mol. The van der Waals surface area contributed by atoms with E-state index in [1.165, 1.54) is 5.56 Å². The number of likely N-dealkylation sites (N-methyl/N-ethyl adjacent to an activating group) is 1. The highest BCUT2D eigenvalue weighted by Gasteiger charge is 2.13.